The maximum absolute atomic E-state index is 12.4. The third-order valence-electron chi connectivity index (χ3n) is 4.21. The van der Waals surface area contributed by atoms with Crippen molar-refractivity contribution < 1.29 is 14.5 Å². The Morgan fingerprint density at radius 3 is 2.55 bits per heavy atom. The highest BCUT2D eigenvalue weighted by atomic mass is 35.5. The van der Waals surface area contributed by atoms with Crippen molar-refractivity contribution in [2.75, 3.05) is 5.32 Å². The number of halogens is 1. The van der Waals surface area contributed by atoms with Gasteiger partial charge in [-0.25, -0.2) is 0 Å². The average Bonchev–Trinajstić information content (AvgIpc) is 2.78. The Morgan fingerprint density at radius 1 is 1.13 bits per heavy atom. The number of rotatable bonds is 7. The van der Waals surface area contributed by atoms with E-state index in [9.17, 15) is 20.2 Å². The zero-order valence-corrected chi connectivity index (χ0v) is 16.9. The van der Waals surface area contributed by atoms with Crippen LogP contribution < -0.4 is 10.1 Å². The molecule has 0 unspecified atom stereocenters. The molecule has 0 aliphatic rings. The molecule has 0 saturated heterocycles. The van der Waals surface area contributed by atoms with Gasteiger partial charge in [0.25, 0.3) is 11.6 Å². The quantitative estimate of drug-likeness (QED) is 0.233. The second-order valence-corrected chi connectivity index (χ2v) is 6.80. The normalized spacial score (nSPS) is 10.8. The molecular formula is C23H16ClN3O4. The smallest absolute Gasteiger partial charge is 0.269 e. The summed E-state index contributed by atoms with van der Waals surface area (Å²) in [7, 11) is 0. The molecule has 0 spiro atoms. The van der Waals surface area contributed by atoms with Gasteiger partial charge in [-0.1, -0.05) is 35.9 Å². The SMILES string of the molecule is N#C/C(=C/c1cccc(OCc2ccc([N+](=O)[O-])cc2)c1)C(=O)Nc1ccccc1Cl. The summed E-state index contributed by atoms with van der Waals surface area (Å²) in [6.45, 7) is 0.212. The Hall–Kier alpha value is -4.15. The van der Waals surface area contributed by atoms with E-state index >= 15 is 0 Å². The standard InChI is InChI=1S/C23H16ClN3O4/c24-21-6-1-2-7-22(21)26-23(28)18(14-25)12-17-4-3-5-20(13-17)31-15-16-8-10-19(11-9-16)27(29)30/h1-13H,15H2,(H,26,28)/b18-12-. The number of ether oxygens (including phenoxy) is 1. The molecule has 0 bridgehead atoms. The lowest BCUT2D eigenvalue weighted by atomic mass is 10.1. The zero-order chi connectivity index (χ0) is 22.2. The summed E-state index contributed by atoms with van der Waals surface area (Å²) in [4.78, 5) is 22.7. The molecule has 0 atom stereocenters. The fourth-order valence-corrected chi connectivity index (χ4v) is 2.83. The lowest BCUT2D eigenvalue weighted by molar-refractivity contribution is -0.384. The lowest BCUT2D eigenvalue weighted by Gasteiger charge is -2.08. The number of nitrogens with zero attached hydrogens (tertiary/aromatic N) is 2. The first-order chi connectivity index (χ1) is 15.0. The van der Waals surface area contributed by atoms with Crippen LogP contribution in [-0.2, 0) is 11.4 Å². The third kappa shape index (κ3) is 5.92. The first-order valence-corrected chi connectivity index (χ1v) is 9.48. The first kappa shape index (κ1) is 21.6. The van der Waals surface area contributed by atoms with Crippen LogP contribution in [0.2, 0.25) is 5.02 Å². The van der Waals surface area contributed by atoms with Gasteiger partial charge in [-0.05, 0) is 53.6 Å². The van der Waals surface area contributed by atoms with E-state index in [0.717, 1.165) is 5.56 Å². The molecule has 154 valence electrons. The van der Waals surface area contributed by atoms with Crippen molar-refractivity contribution in [2.45, 2.75) is 6.61 Å². The van der Waals surface area contributed by atoms with Gasteiger partial charge < -0.3 is 10.1 Å². The monoisotopic (exact) mass is 433 g/mol. The van der Waals surface area contributed by atoms with Crippen molar-refractivity contribution in [1.82, 2.24) is 0 Å². The molecule has 1 N–H and O–H groups in total. The van der Waals surface area contributed by atoms with E-state index in [4.69, 9.17) is 16.3 Å². The molecule has 0 aliphatic heterocycles. The van der Waals surface area contributed by atoms with Crippen LogP contribution in [0.3, 0.4) is 0 Å². The number of para-hydroxylation sites is 1. The zero-order valence-electron chi connectivity index (χ0n) is 16.1. The topological polar surface area (TPSA) is 105 Å². The van der Waals surface area contributed by atoms with E-state index in [-0.39, 0.29) is 17.9 Å². The lowest BCUT2D eigenvalue weighted by Crippen LogP contribution is -2.13. The number of nitriles is 1. The number of amides is 1. The number of carbonyl (C=O) groups is 1. The van der Waals surface area contributed by atoms with Gasteiger partial charge in [0.2, 0.25) is 0 Å². The summed E-state index contributed by atoms with van der Waals surface area (Å²) >= 11 is 6.04. The predicted molar refractivity (Wildman–Crippen MR) is 118 cm³/mol. The molecule has 7 nitrogen and oxygen atoms in total. The van der Waals surface area contributed by atoms with Crippen LogP contribution in [-0.4, -0.2) is 10.8 Å². The van der Waals surface area contributed by atoms with Gasteiger partial charge in [0.05, 0.1) is 15.6 Å². The van der Waals surface area contributed by atoms with Crippen LogP contribution >= 0.6 is 11.6 Å². The number of anilines is 1. The van der Waals surface area contributed by atoms with Crippen molar-refractivity contribution in [3.05, 3.63) is 105 Å². The fourth-order valence-electron chi connectivity index (χ4n) is 2.64. The Labute approximate surface area is 183 Å². The average molecular weight is 434 g/mol. The Kier molecular flexibility index (Phi) is 6.99. The molecule has 3 aromatic carbocycles. The van der Waals surface area contributed by atoms with Gasteiger partial charge in [0, 0.05) is 12.1 Å². The van der Waals surface area contributed by atoms with Gasteiger partial charge in [-0.15, -0.1) is 0 Å². The summed E-state index contributed by atoms with van der Waals surface area (Å²) in [5.74, 6) is -0.0521. The van der Waals surface area contributed by atoms with Crippen molar-refractivity contribution in [3.63, 3.8) is 0 Å². The number of hydrogen-bond donors (Lipinski definition) is 1. The molecule has 0 saturated carbocycles. The van der Waals surface area contributed by atoms with Crippen LogP contribution in [0.15, 0.2) is 78.4 Å². The predicted octanol–water partition coefficient (Wildman–Crippen LogP) is 5.37. The third-order valence-corrected chi connectivity index (χ3v) is 4.54. The molecule has 0 radical (unpaired) electrons. The second kappa shape index (κ2) is 10.1. The summed E-state index contributed by atoms with van der Waals surface area (Å²) in [5, 5.41) is 23.1. The molecule has 31 heavy (non-hydrogen) atoms. The minimum atomic E-state index is -0.576. The Bertz CT molecular complexity index is 1180. The van der Waals surface area contributed by atoms with E-state index in [2.05, 4.69) is 5.32 Å². The molecule has 8 heteroatoms. The summed E-state index contributed by atoms with van der Waals surface area (Å²) in [6, 6.07) is 21.6. The van der Waals surface area contributed by atoms with Crippen LogP contribution in [0, 0.1) is 21.4 Å². The van der Waals surface area contributed by atoms with Crippen molar-refractivity contribution >= 4 is 35.0 Å². The number of carbonyl (C=O) groups excluding carboxylic acids is 1. The number of non-ortho nitro benzene ring substituents is 1. The van der Waals surface area contributed by atoms with Crippen molar-refractivity contribution in [1.29, 1.82) is 5.26 Å². The number of hydrogen-bond acceptors (Lipinski definition) is 5. The molecule has 1 amide bonds. The first-order valence-electron chi connectivity index (χ1n) is 9.10. The maximum atomic E-state index is 12.4. The Morgan fingerprint density at radius 2 is 1.87 bits per heavy atom. The second-order valence-electron chi connectivity index (χ2n) is 6.39. The highest BCUT2D eigenvalue weighted by Crippen LogP contribution is 2.22. The van der Waals surface area contributed by atoms with E-state index < -0.39 is 10.8 Å². The summed E-state index contributed by atoms with van der Waals surface area (Å²) < 4.78 is 5.72. The van der Waals surface area contributed by atoms with Crippen LogP contribution in [0.25, 0.3) is 6.08 Å². The molecule has 0 aliphatic carbocycles. The molecule has 0 heterocycles. The summed E-state index contributed by atoms with van der Waals surface area (Å²) in [5.41, 5.74) is 1.70. The maximum Gasteiger partial charge on any atom is 0.269 e. The van der Waals surface area contributed by atoms with E-state index in [1.54, 1.807) is 60.7 Å². The van der Waals surface area contributed by atoms with E-state index in [1.165, 1.54) is 18.2 Å². The number of benzene rings is 3. The van der Waals surface area contributed by atoms with Crippen LogP contribution in [0.5, 0.6) is 5.75 Å². The minimum absolute atomic E-state index is 0.00924. The number of nitrogens with one attached hydrogen (secondary N) is 1. The molecular weight excluding hydrogens is 418 g/mol. The van der Waals surface area contributed by atoms with E-state index in [1.807, 2.05) is 6.07 Å². The largest absolute Gasteiger partial charge is 0.489 e. The van der Waals surface area contributed by atoms with Crippen molar-refractivity contribution in [2.24, 2.45) is 0 Å². The molecule has 0 aromatic heterocycles. The van der Waals surface area contributed by atoms with Crippen LogP contribution in [0.1, 0.15) is 11.1 Å². The Balaban J connectivity index is 1.69. The highest BCUT2D eigenvalue weighted by molar-refractivity contribution is 6.34. The van der Waals surface area contributed by atoms with E-state index in [0.29, 0.717) is 22.0 Å². The fraction of sp³-hybridized carbons (Fsp3) is 0.0435. The van der Waals surface area contributed by atoms with Gasteiger partial charge in [-0.3, -0.25) is 14.9 Å². The number of nitro benzene ring substituents is 1. The summed E-state index contributed by atoms with van der Waals surface area (Å²) in [6.07, 6.45) is 1.45. The van der Waals surface area contributed by atoms with Crippen molar-refractivity contribution in [3.8, 4) is 11.8 Å². The molecule has 0 fully saturated rings. The highest BCUT2D eigenvalue weighted by Gasteiger charge is 2.11. The van der Waals surface area contributed by atoms with Gasteiger partial charge in [0.1, 0.15) is 24.0 Å². The van der Waals surface area contributed by atoms with Gasteiger partial charge >= 0.3 is 0 Å². The molecule has 3 rings (SSSR count). The molecule has 3 aromatic rings. The van der Waals surface area contributed by atoms with Gasteiger partial charge in [-0.2, -0.15) is 5.26 Å². The minimum Gasteiger partial charge on any atom is -0.489 e. The number of nitro groups is 1. The van der Waals surface area contributed by atoms with Gasteiger partial charge in [0.15, 0.2) is 0 Å². The van der Waals surface area contributed by atoms with Crippen LogP contribution in [0.4, 0.5) is 11.4 Å².